The van der Waals surface area contributed by atoms with Crippen molar-refractivity contribution in [3.8, 4) is 17.0 Å². The zero-order chi connectivity index (χ0) is 24.6. The minimum atomic E-state index is -4.77. The molecule has 1 aromatic carbocycles. The highest BCUT2D eigenvalue weighted by Gasteiger charge is 2.36. The molecule has 0 aliphatic carbocycles. The maximum Gasteiger partial charge on any atom is 0.433 e. The number of carbonyl (C=O) groups is 2. The second-order valence-electron chi connectivity index (χ2n) is 7.14. The van der Waals surface area contributed by atoms with Crippen LogP contribution in [0, 0.1) is 0 Å². The molecule has 0 unspecified atom stereocenters. The van der Waals surface area contributed by atoms with Gasteiger partial charge in [0.2, 0.25) is 0 Å². The first-order chi connectivity index (χ1) is 16.1. The van der Waals surface area contributed by atoms with E-state index < -0.39 is 23.7 Å². The Labute approximate surface area is 190 Å². The highest BCUT2D eigenvalue weighted by molar-refractivity contribution is 6.11. The molecular formula is C21H18F3N7O3. The minimum Gasteiger partial charge on any atom is -0.497 e. The first-order valence-corrected chi connectivity index (χ1v) is 9.80. The fourth-order valence-corrected chi connectivity index (χ4v) is 3.29. The van der Waals surface area contributed by atoms with Crippen molar-refractivity contribution in [1.82, 2.24) is 29.7 Å². The van der Waals surface area contributed by atoms with E-state index in [9.17, 15) is 22.8 Å². The zero-order valence-corrected chi connectivity index (χ0v) is 18.1. The van der Waals surface area contributed by atoms with Crippen molar-refractivity contribution in [2.45, 2.75) is 6.18 Å². The molecule has 3 heterocycles. The molecule has 10 nitrogen and oxygen atoms in total. The predicted octanol–water partition coefficient (Wildman–Crippen LogP) is 2.77. The maximum atomic E-state index is 13.8. The third-order valence-corrected chi connectivity index (χ3v) is 4.91. The van der Waals surface area contributed by atoms with Gasteiger partial charge in [-0.05, 0) is 30.3 Å². The van der Waals surface area contributed by atoms with E-state index in [2.05, 4.69) is 25.8 Å². The lowest BCUT2D eigenvalue weighted by Crippen LogP contribution is -2.21. The van der Waals surface area contributed by atoms with Crippen LogP contribution in [0.5, 0.6) is 5.75 Å². The Bertz CT molecular complexity index is 1390. The van der Waals surface area contributed by atoms with E-state index in [1.54, 1.807) is 31.3 Å². The molecule has 34 heavy (non-hydrogen) atoms. The first kappa shape index (κ1) is 22.8. The van der Waals surface area contributed by atoms with E-state index in [1.165, 1.54) is 25.0 Å². The van der Waals surface area contributed by atoms with Crippen molar-refractivity contribution in [1.29, 1.82) is 0 Å². The Morgan fingerprint density at radius 2 is 1.82 bits per heavy atom. The lowest BCUT2D eigenvalue weighted by Gasteiger charge is -2.12. The monoisotopic (exact) mass is 473 g/mol. The highest BCUT2D eigenvalue weighted by atomic mass is 19.4. The number of nitrogens with zero attached hydrogens (tertiary/aromatic N) is 5. The number of carbonyl (C=O) groups excluding carboxylic acids is 2. The molecule has 176 valence electrons. The van der Waals surface area contributed by atoms with Crippen LogP contribution < -0.4 is 15.4 Å². The maximum absolute atomic E-state index is 13.8. The van der Waals surface area contributed by atoms with E-state index in [4.69, 9.17) is 4.74 Å². The number of aromatic nitrogens is 5. The van der Waals surface area contributed by atoms with Crippen molar-refractivity contribution in [3.05, 3.63) is 59.7 Å². The van der Waals surface area contributed by atoms with Crippen molar-refractivity contribution in [2.24, 2.45) is 7.05 Å². The fraction of sp³-hybridized carbons (Fsp3) is 0.190. The van der Waals surface area contributed by atoms with Gasteiger partial charge in [0.1, 0.15) is 11.3 Å². The topological polar surface area (TPSA) is 115 Å². The van der Waals surface area contributed by atoms with E-state index in [1.807, 2.05) is 0 Å². The molecule has 2 amide bonds. The summed E-state index contributed by atoms with van der Waals surface area (Å²) >= 11 is 0. The normalized spacial score (nSPS) is 11.5. The Morgan fingerprint density at radius 3 is 2.44 bits per heavy atom. The van der Waals surface area contributed by atoms with E-state index in [-0.39, 0.29) is 28.3 Å². The molecule has 0 fully saturated rings. The summed E-state index contributed by atoms with van der Waals surface area (Å²) in [5, 5.41) is 12.6. The summed E-state index contributed by atoms with van der Waals surface area (Å²) in [6.07, 6.45) is -2.38. The summed E-state index contributed by atoms with van der Waals surface area (Å²) in [5.41, 5.74) is -1.22. The molecule has 0 saturated carbocycles. The summed E-state index contributed by atoms with van der Waals surface area (Å²) in [6, 6.07) is 7.13. The van der Waals surface area contributed by atoms with Gasteiger partial charge in [-0.1, -0.05) is 0 Å². The molecule has 4 rings (SSSR count). The lowest BCUT2D eigenvalue weighted by molar-refractivity contribution is -0.142. The van der Waals surface area contributed by atoms with Crippen molar-refractivity contribution >= 4 is 23.1 Å². The van der Waals surface area contributed by atoms with Gasteiger partial charge in [-0.2, -0.15) is 23.4 Å². The van der Waals surface area contributed by atoms with Gasteiger partial charge >= 0.3 is 6.18 Å². The fourth-order valence-electron chi connectivity index (χ4n) is 3.29. The number of alkyl halides is 3. The van der Waals surface area contributed by atoms with Crippen LogP contribution in [-0.4, -0.2) is 50.4 Å². The molecule has 0 aliphatic rings. The SMILES string of the molecule is CNC(=O)c1nn(C)cc1NC(=O)c1cnn2c(C(F)(F)F)cc(-c3ccc(OC)cc3)nc12. The molecule has 3 aromatic heterocycles. The molecule has 0 bridgehead atoms. The van der Waals surface area contributed by atoms with Crippen LogP contribution in [-0.2, 0) is 13.2 Å². The summed E-state index contributed by atoms with van der Waals surface area (Å²) in [5.74, 6) is -0.829. The quantitative estimate of drug-likeness (QED) is 0.461. The number of hydrogen-bond donors (Lipinski definition) is 2. The van der Waals surface area contributed by atoms with Crippen LogP contribution in [0.1, 0.15) is 26.5 Å². The molecule has 0 atom stereocenters. The van der Waals surface area contributed by atoms with Crippen molar-refractivity contribution in [2.75, 3.05) is 19.5 Å². The Kier molecular flexibility index (Phi) is 5.69. The van der Waals surface area contributed by atoms with Gasteiger partial charge in [-0.3, -0.25) is 14.3 Å². The van der Waals surface area contributed by atoms with E-state index in [0.717, 1.165) is 12.3 Å². The standard InChI is InChI=1S/C21H18F3N7O3/c1-25-20(33)17-15(10-30(2)29-17)28-19(32)13-9-26-31-16(21(22,23)24)8-14(27-18(13)31)11-4-6-12(34-3)7-5-11/h4-10H,1-3H3,(H,25,33)(H,28,32). The van der Waals surface area contributed by atoms with Gasteiger partial charge in [0.05, 0.1) is 24.7 Å². The number of anilines is 1. The molecule has 0 spiro atoms. The molecule has 0 saturated heterocycles. The van der Waals surface area contributed by atoms with Crippen LogP contribution in [0.4, 0.5) is 18.9 Å². The minimum absolute atomic E-state index is 0.00976. The van der Waals surface area contributed by atoms with Gasteiger partial charge in [0.15, 0.2) is 17.0 Å². The molecule has 0 aliphatic heterocycles. The van der Waals surface area contributed by atoms with Gasteiger partial charge in [-0.25, -0.2) is 9.50 Å². The van der Waals surface area contributed by atoms with Crippen molar-refractivity contribution < 1.29 is 27.5 Å². The van der Waals surface area contributed by atoms with Gasteiger partial charge < -0.3 is 15.4 Å². The molecule has 0 radical (unpaired) electrons. The first-order valence-electron chi connectivity index (χ1n) is 9.80. The van der Waals surface area contributed by atoms with Crippen LogP contribution in [0.15, 0.2) is 42.7 Å². The lowest BCUT2D eigenvalue weighted by atomic mass is 10.1. The summed E-state index contributed by atoms with van der Waals surface area (Å²) < 4.78 is 48.4. The van der Waals surface area contributed by atoms with Crippen molar-refractivity contribution in [3.63, 3.8) is 0 Å². The predicted molar refractivity (Wildman–Crippen MR) is 115 cm³/mol. The van der Waals surface area contributed by atoms with Gasteiger partial charge in [0, 0.05) is 25.9 Å². The summed E-state index contributed by atoms with van der Waals surface area (Å²) in [7, 11) is 4.42. The van der Waals surface area contributed by atoms with Gasteiger partial charge in [0.25, 0.3) is 11.8 Å². The largest absolute Gasteiger partial charge is 0.497 e. The number of benzene rings is 1. The Morgan fingerprint density at radius 1 is 1.12 bits per heavy atom. The number of ether oxygens (including phenoxy) is 1. The number of hydrogen-bond acceptors (Lipinski definition) is 6. The highest BCUT2D eigenvalue weighted by Crippen LogP contribution is 2.33. The smallest absolute Gasteiger partial charge is 0.433 e. The number of methoxy groups -OCH3 is 1. The molecular weight excluding hydrogens is 455 g/mol. The third-order valence-electron chi connectivity index (χ3n) is 4.91. The molecule has 4 aromatic rings. The second kappa shape index (κ2) is 8.50. The average Bonchev–Trinajstić information content (AvgIpc) is 3.40. The number of nitrogens with one attached hydrogen (secondary N) is 2. The van der Waals surface area contributed by atoms with E-state index >= 15 is 0 Å². The Balaban J connectivity index is 1.81. The van der Waals surface area contributed by atoms with Crippen LogP contribution in [0.2, 0.25) is 0 Å². The Hall–Kier alpha value is -4.42. The van der Waals surface area contributed by atoms with E-state index in [0.29, 0.717) is 15.8 Å². The second-order valence-corrected chi connectivity index (χ2v) is 7.14. The molecule has 13 heteroatoms. The number of aryl methyl sites for hydroxylation is 1. The zero-order valence-electron chi connectivity index (χ0n) is 18.1. The molecule has 2 N–H and O–H groups in total. The summed E-state index contributed by atoms with van der Waals surface area (Å²) in [6.45, 7) is 0. The third kappa shape index (κ3) is 4.14. The number of fused-ring (bicyclic) bond motifs is 1. The number of halogens is 3. The van der Waals surface area contributed by atoms with Crippen LogP contribution in [0.25, 0.3) is 16.9 Å². The van der Waals surface area contributed by atoms with Gasteiger partial charge in [-0.15, -0.1) is 0 Å². The summed E-state index contributed by atoms with van der Waals surface area (Å²) in [4.78, 5) is 29.3. The number of rotatable bonds is 5. The van der Waals surface area contributed by atoms with Crippen LogP contribution in [0.3, 0.4) is 0 Å². The number of amides is 2. The van der Waals surface area contributed by atoms with Crippen LogP contribution >= 0.6 is 0 Å². The average molecular weight is 473 g/mol.